The van der Waals surface area contributed by atoms with E-state index < -0.39 is 52.4 Å². The minimum Gasteiger partial charge on any atom is -0.511 e. The number of primary amides is 1. The van der Waals surface area contributed by atoms with Crippen LogP contribution in [0.2, 0.25) is 0 Å². The number of aliphatic hydroxyl groups excluding tert-OH is 2. The third kappa shape index (κ3) is 2.59. The fourth-order valence-corrected chi connectivity index (χ4v) is 5.21. The largest absolute Gasteiger partial charge is 0.511 e. The van der Waals surface area contributed by atoms with Crippen molar-refractivity contribution in [3.63, 3.8) is 0 Å². The first-order valence-electron chi connectivity index (χ1n) is 9.37. The number of aliphatic hydroxyl groups is 2. The van der Waals surface area contributed by atoms with Gasteiger partial charge in [0, 0.05) is 5.57 Å². The number of ketones is 2. The van der Waals surface area contributed by atoms with Crippen molar-refractivity contribution >= 4 is 17.5 Å². The van der Waals surface area contributed by atoms with Crippen LogP contribution in [0.15, 0.2) is 40.9 Å². The molecule has 0 saturated carbocycles. The van der Waals surface area contributed by atoms with Crippen LogP contribution in [0.4, 0.5) is 0 Å². The average Bonchev–Trinajstić information content (AvgIpc) is 2.60. The molecule has 0 saturated heterocycles. The summed E-state index contributed by atoms with van der Waals surface area (Å²) in [6.45, 7) is 0. The van der Waals surface area contributed by atoms with Gasteiger partial charge in [-0.05, 0) is 50.4 Å². The number of aromatic hydroxyl groups is 1. The molecule has 29 heavy (non-hydrogen) atoms. The standard InChI is InChI=1S/C21H22N2O6/c1-23(2)16-10-7-9-6-8-4-3-5-11(24)12(8)17(25)13(9)18(26)14(10)19(27)15(20(16)28)21(22)29/h3-5,9-10,14,16,24,26,28H,6-7H2,1-2H3,(H2,22,29). The van der Waals surface area contributed by atoms with Gasteiger partial charge in [-0.25, -0.2) is 0 Å². The molecule has 1 aromatic carbocycles. The van der Waals surface area contributed by atoms with Crippen LogP contribution in [-0.2, 0) is 16.0 Å². The van der Waals surface area contributed by atoms with Crippen LogP contribution in [0.1, 0.15) is 22.3 Å². The highest BCUT2D eigenvalue weighted by atomic mass is 16.3. The molecule has 3 aliphatic carbocycles. The summed E-state index contributed by atoms with van der Waals surface area (Å²) in [6, 6.07) is 4.11. The summed E-state index contributed by atoms with van der Waals surface area (Å²) in [5.74, 6) is -5.38. The fourth-order valence-electron chi connectivity index (χ4n) is 5.21. The van der Waals surface area contributed by atoms with Crippen LogP contribution >= 0.6 is 0 Å². The number of allylic oxidation sites excluding steroid dienone is 2. The zero-order valence-electron chi connectivity index (χ0n) is 16.0. The number of Topliss-reactive ketones (excluding diaryl/α,β-unsaturated/α-hetero) is 2. The Bertz CT molecular complexity index is 1020. The van der Waals surface area contributed by atoms with Crippen molar-refractivity contribution in [1.82, 2.24) is 4.90 Å². The van der Waals surface area contributed by atoms with Crippen molar-refractivity contribution in [2.45, 2.75) is 18.9 Å². The number of nitrogens with zero attached hydrogens (tertiary/aromatic N) is 1. The summed E-state index contributed by atoms with van der Waals surface area (Å²) in [5.41, 5.74) is 5.69. The Morgan fingerprint density at radius 1 is 1.14 bits per heavy atom. The smallest absolute Gasteiger partial charge is 0.255 e. The number of rotatable bonds is 2. The number of hydrogen-bond acceptors (Lipinski definition) is 7. The molecular weight excluding hydrogens is 376 g/mol. The van der Waals surface area contributed by atoms with Crippen molar-refractivity contribution in [2.75, 3.05) is 14.1 Å². The van der Waals surface area contributed by atoms with Crippen LogP contribution in [0, 0.1) is 17.8 Å². The molecule has 0 bridgehead atoms. The molecular formula is C21H22N2O6. The third-order valence-corrected chi connectivity index (χ3v) is 6.30. The number of amides is 1. The lowest BCUT2D eigenvalue weighted by Crippen LogP contribution is -2.53. The maximum atomic E-state index is 13.1. The maximum Gasteiger partial charge on any atom is 0.255 e. The molecule has 0 radical (unpaired) electrons. The molecule has 1 amide bonds. The van der Waals surface area contributed by atoms with Crippen LogP contribution in [0.3, 0.4) is 0 Å². The Morgan fingerprint density at radius 3 is 2.45 bits per heavy atom. The Labute approximate surface area is 166 Å². The van der Waals surface area contributed by atoms with Gasteiger partial charge in [-0.15, -0.1) is 0 Å². The van der Waals surface area contributed by atoms with Crippen molar-refractivity contribution in [1.29, 1.82) is 0 Å². The highest BCUT2D eigenvalue weighted by molar-refractivity contribution is 6.22. The Balaban J connectivity index is 1.90. The first kappa shape index (κ1) is 19.2. The van der Waals surface area contributed by atoms with Gasteiger partial charge in [-0.2, -0.15) is 0 Å². The number of carbonyl (C=O) groups excluding carboxylic acids is 3. The zero-order valence-corrected chi connectivity index (χ0v) is 16.0. The molecule has 5 N–H and O–H groups in total. The number of likely N-dealkylation sites (N-methyl/N-ethyl adjacent to an activating group) is 1. The third-order valence-electron chi connectivity index (χ3n) is 6.30. The number of nitrogens with two attached hydrogens (primary N) is 1. The minimum atomic E-state index is -1.15. The Morgan fingerprint density at radius 2 is 1.83 bits per heavy atom. The molecule has 3 aliphatic rings. The lowest BCUT2D eigenvalue weighted by molar-refractivity contribution is -0.127. The molecule has 0 aromatic heterocycles. The van der Waals surface area contributed by atoms with Crippen LogP contribution in [0.5, 0.6) is 5.75 Å². The molecule has 8 nitrogen and oxygen atoms in total. The van der Waals surface area contributed by atoms with E-state index in [1.165, 1.54) is 6.07 Å². The zero-order chi connectivity index (χ0) is 21.2. The molecule has 4 unspecified atom stereocenters. The Kier molecular flexibility index (Phi) is 4.27. The van der Waals surface area contributed by atoms with Crippen LogP contribution in [0.25, 0.3) is 0 Å². The average molecular weight is 398 g/mol. The summed E-state index contributed by atoms with van der Waals surface area (Å²) in [5, 5.41) is 31.8. The predicted molar refractivity (Wildman–Crippen MR) is 102 cm³/mol. The van der Waals surface area contributed by atoms with E-state index >= 15 is 0 Å². The highest BCUT2D eigenvalue weighted by Crippen LogP contribution is 2.50. The second kappa shape index (κ2) is 6.45. The lowest BCUT2D eigenvalue weighted by Gasteiger charge is -2.46. The van der Waals surface area contributed by atoms with Crippen molar-refractivity contribution in [2.24, 2.45) is 23.5 Å². The number of hydrogen-bond donors (Lipinski definition) is 4. The molecule has 0 heterocycles. The first-order valence-corrected chi connectivity index (χ1v) is 9.37. The van der Waals surface area contributed by atoms with Gasteiger partial charge in [-0.1, -0.05) is 12.1 Å². The van der Waals surface area contributed by atoms with Gasteiger partial charge in [0.05, 0.1) is 17.5 Å². The molecule has 0 fully saturated rings. The lowest BCUT2D eigenvalue weighted by atomic mass is 9.61. The van der Waals surface area contributed by atoms with E-state index in [0.717, 1.165) is 0 Å². The molecule has 4 rings (SSSR count). The summed E-state index contributed by atoms with van der Waals surface area (Å²) < 4.78 is 0. The molecule has 4 atom stereocenters. The number of benzene rings is 1. The summed E-state index contributed by atoms with van der Waals surface area (Å²) in [4.78, 5) is 39.6. The van der Waals surface area contributed by atoms with Crippen LogP contribution < -0.4 is 5.73 Å². The van der Waals surface area contributed by atoms with Crippen molar-refractivity contribution in [3.05, 3.63) is 52.0 Å². The normalized spacial score (nSPS) is 28.9. The number of carbonyl (C=O) groups is 3. The van der Waals surface area contributed by atoms with Gasteiger partial charge >= 0.3 is 0 Å². The van der Waals surface area contributed by atoms with Crippen molar-refractivity contribution < 1.29 is 29.7 Å². The molecule has 8 heteroatoms. The van der Waals surface area contributed by atoms with Gasteiger partial charge in [0.25, 0.3) is 5.91 Å². The highest BCUT2D eigenvalue weighted by Gasteiger charge is 2.54. The van der Waals surface area contributed by atoms with E-state index in [1.807, 2.05) is 0 Å². The van der Waals surface area contributed by atoms with Gasteiger partial charge in [0.1, 0.15) is 22.8 Å². The van der Waals surface area contributed by atoms with Gasteiger partial charge in [0.15, 0.2) is 11.6 Å². The molecule has 152 valence electrons. The van der Waals surface area contributed by atoms with Gasteiger partial charge in [-0.3, -0.25) is 19.3 Å². The van der Waals surface area contributed by atoms with Gasteiger partial charge in [0.2, 0.25) is 0 Å². The van der Waals surface area contributed by atoms with E-state index in [0.29, 0.717) is 18.4 Å². The van der Waals surface area contributed by atoms with E-state index in [2.05, 4.69) is 0 Å². The predicted octanol–water partition coefficient (Wildman–Crippen LogP) is 1.01. The first-order chi connectivity index (χ1) is 13.6. The summed E-state index contributed by atoms with van der Waals surface area (Å²) in [7, 11) is 3.39. The number of phenolic OH excluding ortho intramolecular Hbond substituents is 1. The second-order valence-electron chi connectivity index (χ2n) is 8.11. The topological polar surface area (TPSA) is 141 Å². The van der Waals surface area contributed by atoms with Gasteiger partial charge < -0.3 is 21.1 Å². The van der Waals surface area contributed by atoms with E-state index in [9.17, 15) is 29.7 Å². The maximum absolute atomic E-state index is 13.1. The SMILES string of the molecule is CN(C)C1C(O)=C(C(N)=O)C(=O)C2C(O)=C3C(=O)c4c(O)cccc4CC3CC21. The summed E-state index contributed by atoms with van der Waals surface area (Å²) >= 11 is 0. The van der Waals surface area contributed by atoms with E-state index in [4.69, 9.17) is 5.73 Å². The summed E-state index contributed by atoms with van der Waals surface area (Å²) in [6.07, 6.45) is 0.773. The monoisotopic (exact) mass is 398 g/mol. The van der Waals surface area contributed by atoms with Crippen molar-refractivity contribution in [3.8, 4) is 5.75 Å². The number of phenols is 1. The van der Waals surface area contributed by atoms with Crippen LogP contribution in [-0.4, -0.2) is 57.8 Å². The number of fused-ring (bicyclic) bond motifs is 3. The fraction of sp³-hybridized carbons (Fsp3) is 0.381. The molecule has 0 aliphatic heterocycles. The Hall–Kier alpha value is -3.13. The second-order valence-corrected chi connectivity index (χ2v) is 8.11. The minimum absolute atomic E-state index is 0.0938. The van der Waals surface area contributed by atoms with E-state index in [-0.39, 0.29) is 22.8 Å². The quantitative estimate of drug-likeness (QED) is 0.545. The molecule has 0 spiro atoms. The molecule has 1 aromatic rings. The van der Waals surface area contributed by atoms with E-state index in [1.54, 1.807) is 31.1 Å².